The van der Waals surface area contributed by atoms with E-state index in [4.69, 9.17) is 17.3 Å². The van der Waals surface area contributed by atoms with E-state index in [0.717, 1.165) is 36.6 Å². The number of aromatic nitrogens is 6. The number of nitrogens with zero attached hydrogens (tertiary/aromatic N) is 5. The van der Waals surface area contributed by atoms with Crippen LogP contribution in [0.25, 0.3) is 22.4 Å². The Labute approximate surface area is 190 Å². The van der Waals surface area contributed by atoms with Crippen molar-refractivity contribution < 1.29 is 0 Å². The SMILES string of the molecule is N[C@H]1CC[C@H](Nc2ncc3c(-c4ccnc(NCc5ccc(Cl)cc5)n4)n[nH]c3n2)CC1. The largest absolute Gasteiger partial charge is 0.351 e. The van der Waals surface area contributed by atoms with Gasteiger partial charge in [-0.1, -0.05) is 23.7 Å². The number of rotatable bonds is 6. The van der Waals surface area contributed by atoms with E-state index in [0.29, 0.717) is 52.6 Å². The molecule has 1 aromatic carbocycles. The fourth-order valence-electron chi connectivity index (χ4n) is 3.88. The Bertz CT molecular complexity index is 1200. The highest BCUT2D eigenvalue weighted by molar-refractivity contribution is 6.30. The molecule has 0 radical (unpaired) electrons. The Morgan fingerprint density at radius 1 is 1.00 bits per heavy atom. The first-order chi connectivity index (χ1) is 15.6. The van der Waals surface area contributed by atoms with E-state index in [1.54, 1.807) is 12.4 Å². The van der Waals surface area contributed by atoms with E-state index in [-0.39, 0.29) is 0 Å². The van der Waals surface area contributed by atoms with E-state index in [1.807, 2.05) is 30.3 Å². The molecule has 5 N–H and O–H groups in total. The predicted molar refractivity (Wildman–Crippen MR) is 125 cm³/mol. The Balaban J connectivity index is 1.31. The maximum absolute atomic E-state index is 6.00. The molecule has 5 rings (SSSR count). The number of nitrogens with two attached hydrogens (primary N) is 1. The average Bonchev–Trinajstić information content (AvgIpc) is 3.24. The van der Waals surface area contributed by atoms with Crippen molar-refractivity contribution in [3.05, 3.63) is 53.3 Å². The van der Waals surface area contributed by atoms with Crippen LogP contribution >= 0.6 is 11.6 Å². The molecule has 10 heteroatoms. The van der Waals surface area contributed by atoms with E-state index in [9.17, 15) is 0 Å². The third kappa shape index (κ3) is 4.63. The van der Waals surface area contributed by atoms with Crippen LogP contribution in [0.15, 0.2) is 42.7 Å². The smallest absolute Gasteiger partial charge is 0.224 e. The number of H-pyrrole nitrogens is 1. The summed E-state index contributed by atoms with van der Waals surface area (Å²) < 4.78 is 0. The summed E-state index contributed by atoms with van der Waals surface area (Å²) in [5.41, 5.74) is 9.12. The van der Waals surface area contributed by atoms with Gasteiger partial charge in [-0.25, -0.2) is 15.0 Å². The Morgan fingerprint density at radius 2 is 1.81 bits per heavy atom. The molecule has 1 aliphatic rings. The van der Waals surface area contributed by atoms with Crippen molar-refractivity contribution in [2.75, 3.05) is 10.6 Å². The first-order valence-corrected chi connectivity index (χ1v) is 11.1. The Hall–Kier alpha value is -3.30. The van der Waals surface area contributed by atoms with Crippen molar-refractivity contribution in [3.8, 4) is 11.4 Å². The van der Waals surface area contributed by atoms with Gasteiger partial charge in [0.25, 0.3) is 0 Å². The molecule has 9 nitrogen and oxygen atoms in total. The predicted octanol–water partition coefficient (Wildman–Crippen LogP) is 3.76. The molecule has 1 saturated carbocycles. The highest BCUT2D eigenvalue weighted by atomic mass is 35.5. The highest BCUT2D eigenvalue weighted by Crippen LogP contribution is 2.25. The van der Waals surface area contributed by atoms with Crippen LogP contribution in [0.4, 0.5) is 11.9 Å². The monoisotopic (exact) mass is 449 g/mol. The van der Waals surface area contributed by atoms with Crippen LogP contribution < -0.4 is 16.4 Å². The summed E-state index contributed by atoms with van der Waals surface area (Å²) in [6.07, 6.45) is 7.60. The third-order valence-corrected chi connectivity index (χ3v) is 5.94. The van der Waals surface area contributed by atoms with Crippen LogP contribution in [-0.4, -0.2) is 42.2 Å². The number of fused-ring (bicyclic) bond motifs is 1. The summed E-state index contributed by atoms with van der Waals surface area (Å²) in [5, 5.41) is 15.6. The minimum Gasteiger partial charge on any atom is -0.351 e. The molecule has 164 valence electrons. The minimum atomic E-state index is 0.310. The second kappa shape index (κ2) is 9.05. The van der Waals surface area contributed by atoms with Crippen LogP contribution in [0.3, 0.4) is 0 Å². The molecule has 0 unspecified atom stereocenters. The lowest BCUT2D eigenvalue weighted by atomic mass is 9.92. The van der Waals surface area contributed by atoms with Crippen molar-refractivity contribution in [2.24, 2.45) is 5.73 Å². The molecule has 0 aliphatic heterocycles. The van der Waals surface area contributed by atoms with Gasteiger partial charge in [-0.05, 0) is 49.4 Å². The van der Waals surface area contributed by atoms with Crippen LogP contribution in [0.1, 0.15) is 31.2 Å². The van der Waals surface area contributed by atoms with Gasteiger partial charge in [0.1, 0.15) is 5.69 Å². The summed E-state index contributed by atoms with van der Waals surface area (Å²) >= 11 is 5.94. The summed E-state index contributed by atoms with van der Waals surface area (Å²) in [6.45, 7) is 0.589. The molecular weight excluding hydrogens is 426 g/mol. The zero-order valence-corrected chi connectivity index (χ0v) is 18.2. The molecular formula is C22H24ClN9. The number of hydrogen-bond donors (Lipinski definition) is 4. The van der Waals surface area contributed by atoms with Gasteiger partial charge in [0.2, 0.25) is 11.9 Å². The lowest BCUT2D eigenvalue weighted by Crippen LogP contribution is -2.33. The third-order valence-electron chi connectivity index (χ3n) is 5.68. The first-order valence-electron chi connectivity index (χ1n) is 10.7. The zero-order valence-electron chi connectivity index (χ0n) is 17.4. The van der Waals surface area contributed by atoms with Crippen molar-refractivity contribution in [1.82, 2.24) is 30.1 Å². The van der Waals surface area contributed by atoms with Gasteiger partial charge in [-0.2, -0.15) is 10.1 Å². The molecule has 0 spiro atoms. The van der Waals surface area contributed by atoms with E-state index in [1.165, 1.54) is 0 Å². The molecule has 0 bridgehead atoms. The standard InChI is InChI=1S/C22H24ClN9/c23-14-3-1-13(2-4-14)11-26-21-25-10-9-18(29-21)19-17-12-27-22(30-20(17)32-31-19)28-16-7-5-15(24)6-8-16/h1-4,9-10,12,15-16H,5-8,11,24H2,(H,25,26,29)(H2,27,28,30,31,32)/t15-,16-. The molecule has 32 heavy (non-hydrogen) atoms. The summed E-state index contributed by atoms with van der Waals surface area (Å²) in [7, 11) is 0. The normalized spacial score (nSPS) is 18.6. The molecule has 0 atom stereocenters. The minimum absolute atomic E-state index is 0.310. The fourth-order valence-corrected chi connectivity index (χ4v) is 4.01. The lowest BCUT2D eigenvalue weighted by Gasteiger charge is -2.26. The van der Waals surface area contributed by atoms with E-state index >= 15 is 0 Å². The molecule has 3 heterocycles. The summed E-state index contributed by atoms with van der Waals surface area (Å²) in [4.78, 5) is 18.0. The highest BCUT2D eigenvalue weighted by Gasteiger charge is 2.20. The molecule has 0 saturated heterocycles. The number of nitrogens with one attached hydrogen (secondary N) is 3. The lowest BCUT2D eigenvalue weighted by molar-refractivity contribution is 0.410. The number of benzene rings is 1. The van der Waals surface area contributed by atoms with Gasteiger partial charge in [0.15, 0.2) is 5.65 Å². The second-order valence-electron chi connectivity index (χ2n) is 8.03. The molecule has 1 aliphatic carbocycles. The Kier molecular flexibility index (Phi) is 5.83. The van der Waals surface area contributed by atoms with Gasteiger partial charge < -0.3 is 16.4 Å². The van der Waals surface area contributed by atoms with Gasteiger partial charge in [-0.3, -0.25) is 5.10 Å². The average molecular weight is 450 g/mol. The van der Waals surface area contributed by atoms with Crippen molar-refractivity contribution in [3.63, 3.8) is 0 Å². The van der Waals surface area contributed by atoms with Crippen molar-refractivity contribution >= 4 is 34.5 Å². The molecule has 4 aromatic rings. The van der Waals surface area contributed by atoms with Crippen LogP contribution in [0.2, 0.25) is 5.02 Å². The first kappa shape index (κ1) is 20.6. The van der Waals surface area contributed by atoms with Gasteiger partial charge in [0, 0.05) is 36.0 Å². The van der Waals surface area contributed by atoms with Gasteiger partial charge in [-0.15, -0.1) is 0 Å². The Morgan fingerprint density at radius 3 is 2.62 bits per heavy atom. The molecule has 0 amide bonds. The molecule has 1 fully saturated rings. The topological polar surface area (TPSA) is 130 Å². The number of hydrogen-bond acceptors (Lipinski definition) is 8. The summed E-state index contributed by atoms with van der Waals surface area (Å²) in [6, 6.07) is 10.1. The maximum atomic E-state index is 6.00. The van der Waals surface area contributed by atoms with Crippen molar-refractivity contribution in [2.45, 2.75) is 44.3 Å². The van der Waals surface area contributed by atoms with Crippen molar-refractivity contribution in [1.29, 1.82) is 0 Å². The van der Waals surface area contributed by atoms with E-state index < -0.39 is 0 Å². The van der Waals surface area contributed by atoms with Gasteiger partial charge >= 0.3 is 0 Å². The van der Waals surface area contributed by atoms with Crippen LogP contribution in [0.5, 0.6) is 0 Å². The number of aromatic amines is 1. The maximum Gasteiger partial charge on any atom is 0.224 e. The molecule has 3 aromatic heterocycles. The fraction of sp³-hybridized carbons (Fsp3) is 0.318. The van der Waals surface area contributed by atoms with Crippen LogP contribution in [0, 0.1) is 0 Å². The van der Waals surface area contributed by atoms with Crippen LogP contribution in [-0.2, 0) is 6.54 Å². The summed E-state index contributed by atoms with van der Waals surface area (Å²) in [5.74, 6) is 1.12. The zero-order chi connectivity index (χ0) is 21.9. The number of halogens is 1. The number of anilines is 2. The van der Waals surface area contributed by atoms with Gasteiger partial charge in [0.05, 0.1) is 11.1 Å². The second-order valence-corrected chi connectivity index (χ2v) is 8.47. The quantitative estimate of drug-likeness (QED) is 0.350. The van der Waals surface area contributed by atoms with E-state index in [2.05, 4.69) is 40.8 Å².